The molecule has 2 fully saturated rings. The maximum atomic E-state index is 10.0. The lowest BCUT2D eigenvalue weighted by atomic mass is 9.84. The smallest absolute Gasteiger partial charge is 0.0897 e. The van der Waals surface area contributed by atoms with Crippen molar-refractivity contribution in [3.05, 3.63) is 22.4 Å². The molecule has 118 valence electrons. The molecule has 0 amide bonds. The van der Waals surface area contributed by atoms with Crippen LogP contribution in [0.15, 0.2) is 17.5 Å². The Labute approximate surface area is 131 Å². The van der Waals surface area contributed by atoms with Crippen molar-refractivity contribution < 1.29 is 9.84 Å². The number of aliphatic hydroxyl groups excluding tert-OH is 1. The number of hydrogen-bond acceptors (Lipinski definition) is 4. The molecule has 5 unspecified atom stereocenters. The molecule has 1 aromatic rings. The Morgan fingerprint density at radius 3 is 3.00 bits per heavy atom. The van der Waals surface area contributed by atoms with Crippen LogP contribution in [0, 0.1) is 17.8 Å². The van der Waals surface area contributed by atoms with E-state index in [0.717, 1.165) is 17.8 Å². The predicted octanol–water partition coefficient (Wildman–Crippen LogP) is 3.04. The lowest BCUT2D eigenvalue weighted by Crippen LogP contribution is -2.41. The van der Waals surface area contributed by atoms with Crippen LogP contribution < -0.4 is 5.32 Å². The molecule has 0 spiro atoms. The van der Waals surface area contributed by atoms with Gasteiger partial charge in [0.15, 0.2) is 0 Å². The van der Waals surface area contributed by atoms with Crippen molar-refractivity contribution in [2.45, 2.75) is 51.4 Å². The molecule has 3 nitrogen and oxygen atoms in total. The molecule has 2 aliphatic carbocycles. The van der Waals surface area contributed by atoms with Crippen molar-refractivity contribution in [1.29, 1.82) is 0 Å². The fraction of sp³-hybridized carbons (Fsp3) is 0.765. The molecule has 21 heavy (non-hydrogen) atoms. The number of fused-ring (bicyclic) bond motifs is 2. The molecule has 0 aromatic carbocycles. The van der Waals surface area contributed by atoms with Crippen LogP contribution in [-0.4, -0.2) is 30.4 Å². The molecule has 2 N–H and O–H groups in total. The van der Waals surface area contributed by atoms with E-state index in [9.17, 15) is 5.11 Å². The van der Waals surface area contributed by atoms with Gasteiger partial charge in [0, 0.05) is 17.5 Å². The summed E-state index contributed by atoms with van der Waals surface area (Å²) in [5.74, 6) is 2.75. The van der Waals surface area contributed by atoms with E-state index < -0.39 is 6.10 Å². The van der Waals surface area contributed by atoms with E-state index in [1.165, 1.54) is 30.6 Å². The summed E-state index contributed by atoms with van der Waals surface area (Å²) >= 11 is 1.69. The quantitative estimate of drug-likeness (QED) is 0.775. The van der Waals surface area contributed by atoms with Crippen molar-refractivity contribution in [1.82, 2.24) is 5.32 Å². The van der Waals surface area contributed by atoms with Crippen molar-refractivity contribution in [2.75, 3.05) is 13.2 Å². The second-order valence-corrected chi connectivity index (χ2v) is 7.82. The highest BCUT2D eigenvalue weighted by molar-refractivity contribution is 7.09. The van der Waals surface area contributed by atoms with Crippen LogP contribution >= 0.6 is 11.3 Å². The molecule has 4 heteroatoms. The fourth-order valence-corrected chi connectivity index (χ4v) is 4.77. The summed E-state index contributed by atoms with van der Waals surface area (Å²) in [7, 11) is 0. The lowest BCUT2D eigenvalue weighted by Gasteiger charge is -2.29. The highest BCUT2D eigenvalue weighted by atomic mass is 32.1. The third-order valence-electron chi connectivity index (χ3n) is 5.25. The van der Waals surface area contributed by atoms with Gasteiger partial charge in [-0.05, 0) is 55.4 Å². The first-order chi connectivity index (χ1) is 10.2. The number of hydrogen-bond donors (Lipinski definition) is 2. The molecular weight excluding hydrogens is 282 g/mol. The summed E-state index contributed by atoms with van der Waals surface area (Å²) in [5, 5.41) is 15.6. The maximum Gasteiger partial charge on any atom is 0.0897 e. The van der Waals surface area contributed by atoms with Crippen molar-refractivity contribution in [2.24, 2.45) is 17.8 Å². The second-order valence-electron chi connectivity index (χ2n) is 6.78. The van der Waals surface area contributed by atoms with E-state index in [4.69, 9.17) is 4.74 Å². The van der Waals surface area contributed by atoms with Gasteiger partial charge in [-0.15, -0.1) is 11.3 Å². The van der Waals surface area contributed by atoms with Gasteiger partial charge in [0.25, 0.3) is 0 Å². The monoisotopic (exact) mass is 309 g/mol. The van der Waals surface area contributed by atoms with Crippen molar-refractivity contribution >= 4 is 11.3 Å². The first kappa shape index (κ1) is 15.5. The molecule has 0 aliphatic heterocycles. The summed E-state index contributed by atoms with van der Waals surface area (Å²) in [5.41, 5.74) is 0. The van der Waals surface area contributed by atoms with Gasteiger partial charge in [0.2, 0.25) is 0 Å². The first-order valence-electron chi connectivity index (χ1n) is 8.24. The lowest BCUT2D eigenvalue weighted by molar-refractivity contribution is 0.0273. The zero-order chi connectivity index (χ0) is 14.7. The highest BCUT2D eigenvalue weighted by Gasteiger charge is 2.41. The minimum absolute atomic E-state index is 0.411. The molecule has 5 atom stereocenters. The SMILES string of the molecule is CC(NCC(O)COCc1cccs1)C1CC2CCC1C2. The Morgan fingerprint density at radius 1 is 1.43 bits per heavy atom. The fourth-order valence-electron chi connectivity index (χ4n) is 4.13. The second kappa shape index (κ2) is 7.23. The average molecular weight is 309 g/mol. The van der Waals surface area contributed by atoms with Gasteiger partial charge in [0.05, 0.1) is 19.3 Å². The van der Waals surface area contributed by atoms with E-state index in [0.29, 0.717) is 25.8 Å². The number of thiophene rings is 1. The molecule has 3 rings (SSSR count). The van der Waals surface area contributed by atoms with Crippen molar-refractivity contribution in [3.63, 3.8) is 0 Å². The Hall–Kier alpha value is -0.420. The van der Waals surface area contributed by atoms with Gasteiger partial charge in [0.1, 0.15) is 0 Å². The van der Waals surface area contributed by atoms with Crippen LogP contribution in [0.2, 0.25) is 0 Å². The normalized spacial score (nSPS) is 30.7. The summed E-state index contributed by atoms with van der Waals surface area (Å²) in [6.07, 6.45) is 5.31. The number of aliphatic hydroxyl groups is 1. The van der Waals surface area contributed by atoms with E-state index in [1.807, 2.05) is 11.4 Å². The maximum absolute atomic E-state index is 10.0. The molecule has 2 bridgehead atoms. The molecule has 0 radical (unpaired) electrons. The predicted molar refractivity (Wildman–Crippen MR) is 86.4 cm³/mol. The van der Waals surface area contributed by atoms with Crippen molar-refractivity contribution in [3.8, 4) is 0 Å². The van der Waals surface area contributed by atoms with Crippen LogP contribution in [0.4, 0.5) is 0 Å². The van der Waals surface area contributed by atoms with Gasteiger partial charge < -0.3 is 15.2 Å². The van der Waals surface area contributed by atoms with E-state index in [1.54, 1.807) is 11.3 Å². The number of ether oxygens (including phenoxy) is 1. The molecule has 1 heterocycles. The minimum atomic E-state index is -0.411. The molecule has 2 aliphatic rings. The molecule has 2 saturated carbocycles. The summed E-state index contributed by atoms with van der Waals surface area (Å²) in [4.78, 5) is 1.21. The largest absolute Gasteiger partial charge is 0.389 e. The standard InChI is InChI=1S/C17H27NO2S/c1-12(17-8-13-4-5-14(17)7-13)18-9-15(19)10-20-11-16-3-2-6-21-16/h2-3,6,12-15,17-19H,4-5,7-11H2,1H3. The van der Waals surface area contributed by atoms with Crippen LogP contribution in [0.3, 0.4) is 0 Å². The van der Waals surface area contributed by atoms with Crippen LogP contribution in [0.1, 0.15) is 37.5 Å². The van der Waals surface area contributed by atoms with Gasteiger partial charge in [-0.3, -0.25) is 0 Å². The number of rotatable bonds is 8. The zero-order valence-corrected chi connectivity index (χ0v) is 13.6. The zero-order valence-electron chi connectivity index (χ0n) is 12.8. The minimum Gasteiger partial charge on any atom is -0.389 e. The van der Waals surface area contributed by atoms with Gasteiger partial charge >= 0.3 is 0 Å². The Bertz CT molecular complexity index is 422. The molecule has 0 saturated heterocycles. The average Bonchev–Trinajstić information content (AvgIpc) is 3.21. The topological polar surface area (TPSA) is 41.5 Å². The summed E-state index contributed by atoms with van der Waals surface area (Å²) in [6.45, 7) is 3.94. The van der Waals surface area contributed by atoms with E-state index >= 15 is 0 Å². The summed E-state index contributed by atoms with van der Waals surface area (Å²) < 4.78 is 5.57. The van der Waals surface area contributed by atoms with E-state index in [2.05, 4.69) is 18.3 Å². The third kappa shape index (κ3) is 4.07. The Morgan fingerprint density at radius 2 is 2.33 bits per heavy atom. The van der Waals surface area contributed by atoms with E-state index in [-0.39, 0.29) is 0 Å². The van der Waals surface area contributed by atoms with Crippen LogP contribution in [0.25, 0.3) is 0 Å². The van der Waals surface area contributed by atoms with Crippen LogP contribution in [-0.2, 0) is 11.3 Å². The Kier molecular flexibility index (Phi) is 5.33. The number of nitrogens with one attached hydrogen (secondary N) is 1. The Balaban J connectivity index is 1.31. The first-order valence-corrected chi connectivity index (χ1v) is 9.12. The van der Waals surface area contributed by atoms with Gasteiger partial charge in [-0.2, -0.15) is 0 Å². The van der Waals surface area contributed by atoms with Gasteiger partial charge in [-0.25, -0.2) is 0 Å². The molecular formula is C17H27NO2S. The van der Waals surface area contributed by atoms with Crippen LogP contribution in [0.5, 0.6) is 0 Å². The summed E-state index contributed by atoms with van der Waals surface area (Å²) in [6, 6.07) is 4.61. The molecule has 1 aromatic heterocycles. The highest BCUT2D eigenvalue weighted by Crippen LogP contribution is 2.49. The third-order valence-corrected chi connectivity index (χ3v) is 6.10. The van der Waals surface area contributed by atoms with Gasteiger partial charge in [-0.1, -0.05) is 12.5 Å².